The van der Waals surface area contributed by atoms with Crippen molar-refractivity contribution in [3.05, 3.63) is 60.8 Å². The van der Waals surface area contributed by atoms with Crippen molar-refractivity contribution < 1.29 is 0 Å². The first-order valence-corrected chi connectivity index (χ1v) is 6.19. The summed E-state index contributed by atoms with van der Waals surface area (Å²) >= 11 is 0. The first-order chi connectivity index (χ1) is 9.24. The fourth-order valence-electron chi connectivity index (χ4n) is 2.18. The smallest absolute Gasteiger partial charge is 0.115 e. The second-order valence-corrected chi connectivity index (χ2v) is 4.55. The molecule has 3 nitrogen and oxygen atoms in total. The molecule has 0 bridgehead atoms. The highest BCUT2D eigenvalue weighted by atomic mass is 15.3. The third kappa shape index (κ3) is 2.22. The molecule has 0 atom stereocenters. The summed E-state index contributed by atoms with van der Waals surface area (Å²) < 4.78 is 1.73. The van der Waals surface area contributed by atoms with Crippen molar-refractivity contribution in [2.75, 3.05) is 5.73 Å². The van der Waals surface area contributed by atoms with Gasteiger partial charge in [-0.2, -0.15) is 5.10 Å². The molecule has 3 aromatic rings. The predicted molar refractivity (Wildman–Crippen MR) is 78.5 cm³/mol. The van der Waals surface area contributed by atoms with Gasteiger partial charge >= 0.3 is 0 Å². The summed E-state index contributed by atoms with van der Waals surface area (Å²) in [5.41, 5.74) is 10.9. The fourth-order valence-corrected chi connectivity index (χ4v) is 2.18. The number of benzene rings is 2. The molecule has 3 heteroatoms. The van der Waals surface area contributed by atoms with Crippen LogP contribution in [0, 0.1) is 0 Å². The van der Waals surface area contributed by atoms with Crippen molar-refractivity contribution in [3.8, 4) is 22.4 Å². The van der Waals surface area contributed by atoms with Crippen molar-refractivity contribution in [3.63, 3.8) is 0 Å². The van der Waals surface area contributed by atoms with Gasteiger partial charge in [-0.25, -0.2) is 0 Å². The van der Waals surface area contributed by atoms with Gasteiger partial charge in [0.25, 0.3) is 0 Å². The standard InChI is InChI=1S/C16H15N3/c1-19-11-15(17)16(18-19)14-9-7-13(8-10-14)12-5-3-2-4-6-12/h2-11H,17H2,1H3. The van der Waals surface area contributed by atoms with E-state index in [2.05, 4.69) is 41.5 Å². The van der Waals surface area contributed by atoms with Crippen LogP contribution in [0.3, 0.4) is 0 Å². The largest absolute Gasteiger partial charge is 0.396 e. The van der Waals surface area contributed by atoms with E-state index in [0.717, 1.165) is 11.3 Å². The minimum atomic E-state index is 0.704. The van der Waals surface area contributed by atoms with E-state index in [-0.39, 0.29) is 0 Å². The lowest BCUT2D eigenvalue weighted by atomic mass is 10.0. The van der Waals surface area contributed by atoms with Crippen LogP contribution in [-0.4, -0.2) is 9.78 Å². The summed E-state index contributed by atoms with van der Waals surface area (Å²) in [4.78, 5) is 0. The second kappa shape index (κ2) is 4.61. The number of hydrogen-bond donors (Lipinski definition) is 1. The Morgan fingerprint density at radius 1 is 0.842 bits per heavy atom. The maximum Gasteiger partial charge on any atom is 0.115 e. The van der Waals surface area contributed by atoms with Crippen molar-refractivity contribution >= 4 is 5.69 Å². The van der Waals surface area contributed by atoms with E-state index in [4.69, 9.17) is 5.73 Å². The van der Waals surface area contributed by atoms with Gasteiger partial charge in [-0.15, -0.1) is 0 Å². The Balaban J connectivity index is 1.98. The molecule has 0 saturated heterocycles. The highest BCUT2D eigenvalue weighted by molar-refractivity contribution is 5.74. The van der Waals surface area contributed by atoms with Crippen molar-refractivity contribution in [2.24, 2.45) is 7.05 Å². The van der Waals surface area contributed by atoms with Crippen LogP contribution in [0.1, 0.15) is 0 Å². The van der Waals surface area contributed by atoms with E-state index < -0.39 is 0 Å². The molecule has 0 aliphatic rings. The van der Waals surface area contributed by atoms with E-state index in [1.165, 1.54) is 11.1 Å². The quantitative estimate of drug-likeness (QED) is 0.757. The molecule has 2 N–H and O–H groups in total. The van der Waals surface area contributed by atoms with Gasteiger partial charge in [-0.1, -0.05) is 54.6 Å². The number of nitrogens with zero attached hydrogens (tertiary/aromatic N) is 2. The maximum atomic E-state index is 5.94. The summed E-state index contributed by atoms with van der Waals surface area (Å²) in [6.45, 7) is 0. The summed E-state index contributed by atoms with van der Waals surface area (Å²) in [7, 11) is 1.87. The van der Waals surface area contributed by atoms with Gasteiger partial charge in [0.05, 0.1) is 5.69 Å². The molecule has 2 aromatic carbocycles. The van der Waals surface area contributed by atoms with Gasteiger partial charge in [0.2, 0.25) is 0 Å². The van der Waals surface area contributed by atoms with Gasteiger partial charge in [0.15, 0.2) is 0 Å². The van der Waals surface area contributed by atoms with Crippen LogP contribution in [0.2, 0.25) is 0 Å². The molecule has 0 fully saturated rings. The van der Waals surface area contributed by atoms with Crippen molar-refractivity contribution in [2.45, 2.75) is 0 Å². The summed E-state index contributed by atoms with van der Waals surface area (Å²) in [6, 6.07) is 18.6. The van der Waals surface area contributed by atoms with Crippen LogP contribution in [0.5, 0.6) is 0 Å². The molecule has 0 amide bonds. The first-order valence-electron chi connectivity index (χ1n) is 6.19. The van der Waals surface area contributed by atoms with E-state index in [9.17, 15) is 0 Å². The van der Waals surface area contributed by atoms with Crippen LogP contribution in [0.4, 0.5) is 5.69 Å². The third-order valence-corrected chi connectivity index (χ3v) is 3.12. The van der Waals surface area contributed by atoms with Gasteiger partial charge < -0.3 is 5.73 Å². The number of anilines is 1. The van der Waals surface area contributed by atoms with Crippen LogP contribution < -0.4 is 5.73 Å². The van der Waals surface area contributed by atoms with Crippen molar-refractivity contribution in [1.29, 1.82) is 0 Å². The molecule has 1 heterocycles. The van der Waals surface area contributed by atoms with Crippen LogP contribution in [0.25, 0.3) is 22.4 Å². The molecule has 3 rings (SSSR count). The highest BCUT2D eigenvalue weighted by Crippen LogP contribution is 2.26. The zero-order valence-electron chi connectivity index (χ0n) is 10.7. The number of hydrogen-bond acceptors (Lipinski definition) is 2. The zero-order chi connectivity index (χ0) is 13.2. The maximum absolute atomic E-state index is 5.94. The first kappa shape index (κ1) is 11.5. The number of aryl methyl sites for hydroxylation is 1. The van der Waals surface area contributed by atoms with Crippen LogP contribution in [0.15, 0.2) is 60.8 Å². The Morgan fingerprint density at radius 3 is 2.00 bits per heavy atom. The van der Waals surface area contributed by atoms with Crippen LogP contribution >= 0.6 is 0 Å². The third-order valence-electron chi connectivity index (χ3n) is 3.12. The zero-order valence-corrected chi connectivity index (χ0v) is 10.7. The molecular formula is C16H15N3. The molecule has 0 saturated carbocycles. The summed E-state index contributed by atoms with van der Waals surface area (Å²) in [5.74, 6) is 0. The topological polar surface area (TPSA) is 43.8 Å². The Labute approximate surface area is 112 Å². The minimum Gasteiger partial charge on any atom is -0.396 e. The van der Waals surface area contributed by atoms with Crippen molar-refractivity contribution in [1.82, 2.24) is 9.78 Å². The predicted octanol–water partition coefficient (Wildman–Crippen LogP) is 3.34. The number of aromatic nitrogens is 2. The lowest BCUT2D eigenvalue weighted by Gasteiger charge is -2.03. The van der Waals surface area contributed by atoms with E-state index in [1.54, 1.807) is 4.68 Å². The van der Waals surface area contributed by atoms with E-state index in [0.29, 0.717) is 5.69 Å². The second-order valence-electron chi connectivity index (χ2n) is 4.55. The van der Waals surface area contributed by atoms with Crippen LogP contribution in [-0.2, 0) is 7.05 Å². The lowest BCUT2D eigenvalue weighted by Crippen LogP contribution is -1.88. The summed E-state index contributed by atoms with van der Waals surface area (Å²) in [6.07, 6.45) is 1.82. The molecular weight excluding hydrogens is 234 g/mol. The molecule has 0 spiro atoms. The number of nitrogens with two attached hydrogens (primary N) is 1. The Kier molecular flexibility index (Phi) is 2.80. The SMILES string of the molecule is Cn1cc(N)c(-c2ccc(-c3ccccc3)cc2)n1. The fraction of sp³-hybridized carbons (Fsp3) is 0.0625. The number of rotatable bonds is 2. The lowest BCUT2D eigenvalue weighted by molar-refractivity contribution is 0.771. The van der Waals surface area contributed by atoms with Gasteiger partial charge in [0, 0.05) is 18.8 Å². The van der Waals surface area contributed by atoms with Gasteiger partial charge in [-0.3, -0.25) is 4.68 Å². The molecule has 0 unspecified atom stereocenters. The molecule has 19 heavy (non-hydrogen) atoms. The highest BCUT2D eigenvalue weighted by Gasteiger charge is 2.07. The number of nitrogen functional groups attached to an aromatic ring is 1. The Bertz CT molecular complexity index is 682. The normalized spacial score (nSPS) is 10.6. The molecule has 0 radical (unpaired) electrons. The van der Waals surface area contributed by atoms with E-state index in [1.807, 2.05) is 31.4 Å². The molecule has 94 valence electrons. The Morgan fingerprint density at radius 2 is 1.42 bits per heavy atom. The average molecular weight is 249 g/mol. The summed E-state index contributed by atoms with van der Waals surface area (Å²) in [5, 5.41) is 4.37. The Hall–Kier alpha value is -2.55. The van der Waals surface area contributed by atoms with E-state index >= 15 is 0 Å². The minimum absolute atomic E-state index is 0.704. The molecule has 1 aromatic heterocycles. The molecule has 0 aliphatic heterocycles. The monoisotopic (exact) mass is 249 g/mol. The average Bonchev–Trinajstić information content (AvgIpc) is 2.79. The van der Waals surface area contributed by atoms with Gasteiger partial charge in [-0.05, 0) is 11.1 Å². The molecule has 0 aliphatic carbocycles. The van der Waals surface area contributed by atoms with Gasteiger partial charge in [0.1, 0.15) is 5.69 Å².